The number of nitrogens with two attached hydrogens (primary N) is 1. The maximum atomic E-state index is 12.0. The number of nitrogen functional groups attached to an aromatic ring is 1. The van der Waals surface area contributed by atoms with Crippen molar-refractivity contribution < 1.29 is 9.53 Å². The largest absolute Gasteiger partial charge is 0.497 e. The molecule has 0 aliphatic rings. The van der Waals surface area contributed by atoms with Crippen LogP contribution in [-0.2, 0) is 6.42 Å². The molecule has 0 atom stereocenters. The second kappa shape index (κ2) is 7.33. The Morgan fingerprint density at radius 1 is 1.19 bits per heavy atom. The van der Waals surface area contributed by atoms with Gasteiger partial charge >= 0.3 is 0 Å². The summed E-state index contributed by atoms with van der Waals surface area (Å²) < 4.78 is 5.11. The Bertz CT molecular complexity index is 594. The second-order valence-corrected chi connectivity index (χ2v) is 4.83. The van der Waals surface area contributed by atoms with Gasteiger partial charge in [-0.3, -0.25) is 4.79 Å². The van der Waals surface area contributed by atoms with Crippen LogP contribution in [0.3, 0.4) is 0 Å². The molecule has 0 aliphatic carbocycles. The molecule has 0 fully saturated rings. The van der Waals surface area contributed by atoms with Crippen molar-refractivity contribution in [1.82, 2.24) is 5.32 Å². The summed E-state index contributed by atoms with van der Waals surface area (Å²) in [7, 11) is 1.59. The van der Waals surface area contributed by atoms with Crippen molar-refractivity contribution in [2.45, 2.75) is 12.8 Å². The van der Waals surface area contributed by atoms with E-state index in [1.165, 1.54) is 5.56 Å². The second-order valence-electron chi connectivity index (χ2n) is 4.83. The normalized spacial score (nSPS) is 10.1. The minimum absolute atomic E-state index is 0.0776. The highest BCUT2D eigenvalue weighted by molar-refractivity contribution is 5.94. The zero-order chi connectivity index (χ0) is 15.1. The molecule has 1 amide bonds. The molecular formula is C17H20N2O2. The van der Waals surface area contributed by atoms with Gasteiger partial charge in [0.25, 0.3) is 5.91 Å². The van der Waals surface area contributed by atoms with Crippen LogP contribution in [0.5, 0.6) is 5.75 Å². The van der Waals surface area contributed by atoms with Gasteiger partial charge in [-0.05, 0) is 48.7 Å². The number of aryl methyl sites for hydroxylation is 1. The number of nitrogens with one attached hydrogen (secondary N) is 1. The van der Waals surface area contributed by atoms with Crippen molar-refractivity contribution in [3.63, 3.8) is 0 Å². The monoisotopic (exact) mass is 284 g/mol. The summed E-state index contributed by atoms with van der Waals surface area (Å²) in [6, 6.07) is 14.9. The fourth-order valence-electron chi connectivity index (χ4n) is 2.05. The number of benzene rings is 2. The zero-order valence-electron chi connectivity index (χ0n) is 12.1. The molecule has 0 aliphatic heterocycles. The number of methoxy groups -OCH3 is 1. The summed E-state index contributed by atoms with van der Waals surface area (Å²) in [6.45, 7) is 0.639. The van der Waals surface area contributed by atoms with E-state index in [0.717, 1.165) is 18.5 Å². The third-order valence-electron chi connectivity index (χ3n) is 3.24. The van der Waals surface area contributed by atoms with Crippen LogP contribution >= 0.6 is 0 Å². The van der Waals surface area contributed by atoms with Crippen molar-refractivity contribution in [1.29, 1.82) is 0 Å². The Balaban J connectivity index is 1.77. The summed E-state index contributed by atoms with van der Waals surface area (Å²) in [5.74, 6) is 0.607. The minimum Gasteiger partial charge on any atom is -0.497 e. The maximum Gasteiger partial charge on any atom is 0.251 e. The van der Waals surface area contributed by atoms with E-state index < -0.39 is 0 Å². The van der Waals surface area contributed by atoms with Gasteiger partial charge in [0.1, 0.15) is 5.75 Å². The number of rotatable bonds is 6. The van der Waals surface area contributed by atoms with Crippen LogP contribution in [0.15, 0.2) is 48.5 Å². The average Bonchev–Trinajstić information content (AvgIpc) is 2.53. The predicted octanol–water partition coefficient (Wildman–Crippen LogP) is 2.64. The van der Waals surface area contributed by atoms with Gasteiger partial charge < -0.3 is 15.8 Å². The Hall–Kier alpha value is -2.49. The number of carbonyl (C=O) groups is 1. The first-order chi connectivity index (χ1) is 10.2. The first-order valence-corrected chi connectivity index (χ1v) is 6.96. The van der Waals surface area contributed by atoms with Gasteiger partial charge in [0.2, 0.25) is 0 Å². The van der Waals surface area contributed by atoms with Crippen LogP contribution < -0.4 is 15.8 Å². The number of amides is 1. The molecule has 2 aromatic rings. The van der Waals surface area contributed by atoms with Crippen molar-refractivity contribution in [3.8, 4) is 5.75 Å². The molecule has 0 spiro atoms. The summed E-state index contributed by atoms with van der Waals surface area (Å²) >= 11 is 0. The van der Waals surface area contributed by atoms with Crippen LogP contribution in [0.2, 0.25) is 0 Å². The lowest BCUT2D eigenvalue weighted by Gasteiger charge is -2.07. The Kier molecular flexibility index (Phi) is 5.21. The third kappa shape index (κ3) is 4.53. The third-order valence-corrected chi connectivity index (χ3v) is 3.24. The predicted molar refractivity (Wildman–Crippen MR) is 84.5 cm³/mol. The van der Waals surface area contributed by atoms with Gasteiger partial charge in [-0.25, -0.2) is 0 Å². The van der Waals surface area contributed by atoms with Gasteiger partial charge in [-0.15, -0.1) is 0 Å². The summed E-state index contributed by atoms with van der Waals surface area (Å²) in [4.78, 5) is 12.0. The zero-order valence-corrected chi connectivity index (χ0v) is 12.1. The van der Waals surface area contributed by atoms with E-state index in [2.05, 4.69) is 5.32 Å². The van der Waals surface area contributed by atoms with Crippen LogP contribution in [-0.4, -0.2) is 19.6 Å². The van der Waals surface area contributed by atoms with E-state index in [1.807, 2.05) is 36.4 Å². The summed E-state index contributed by atoms with van der Waals surface area (Å²) in [5, 5.41) is 2.91. The van der Waals surface area contributed by atoms with Gasteiger partial charge in [-0.2, -0.15) is 0 Å². The standard InChI is InChI=1S/C17H20N2O2/c1-21-16-6-2-5-14(12-16)17(20)19-11-3-4-13-7-9-15(18)10-8-13/h2,5-10,12H,3-4,11,18H2,1H3,(H,19,20). The Labute approximate surface area is 124 Å². The quantitative estimate of drug-likeness (QED) is 0.633. The molecule has 0 saturated carbocycles. The first-order valence-electron chi connectivity index (χ1n) is 6.96. The smallest absolute Gasteiger partial charge is 0.251 e. The molecule has 0 bridgehead atoms. The van der Waals surface area contributed by atoms with Gasteiger partial charge in [0.05, 0.1) is 7.11 Å². The topological polar surface area (TPSA) is 64.3 Å². The number of hydrogen-bond donors (Lipinski definition) is 2. The highest BCUT2D eigenvalue weighted by Gasteiger charge is 2.05. The lowest BCUT2D eigenvalue weighted by Crippen LogP contribution is -2.24. The van der Waals surface area contributed by atoms with Crippen LogP contribution in [0.25, 0.3) is 0 Å². The Morgan fingerprint density at radius 3 is 2.67 bits per heavy atom. The highest BCUT2D eigenvalue weighted by Crippen LogP contribution is 2.12. The molecular weight excluding hydrogens is 264 g/mol. The van der Waals surface area contributed by atoms with E-state index in [4.69, 9.17) is 10.5 Å². The highest BCUT2D eigenvalue weighted by atomic mass is 16.5. The molecule has 110 valence electrons. The molecule has 3 N–H and O–H groups in total. The fourth-order valence-corrected chi connectivity index (χ4v) is 2.05. The SMILES string of the molecule is COc1cccc(C(=O)NCCCc2ccc(N)cc2)c1. The van der Waals surface area contributed by atoms with E-state index in [-0.39, 0.29) is 5.91 Å². The van der Waals surface area contributed by atoms with E-state index in [1.54, 1.807) is 19.2 Å². The van der Waals surface area contributed by atoms with Gasteiger partial charge in [0.15, 0.2) is 0 Å². The van der Waals surface area contributed by atoms with Crippen molar-refractivity contribution >= 4 is 11.6 Å². The molecule has 4 nitrogen and oxygen atoms in total. The van der Waals surface area contributed by atoms with E-state index >= 15 is 0 Å². The van der Waals surface area contributed by atoms with Gasteiger partial charge in [-0.1, -0.05) is 18.2 Å². The number of anilines is 1. The summed E-state index contributed by atoms with van der Waals surface area (Å²) in [6.07, 6.45) is 1.80. The van der Waals surface area contributed by atoms with Crippen LogP contribution in [0.4, 0.5) is 5.69 Å². The molecule has 4 heteroatoms. The first kappa shape index (κ1) is 14.9. The van der Waals surface area contributed by atoms with Crippen molar-refractivity contribution in [2.24, 2.45) is 0 Å². The molecule has 0 unspecified atom stereocenters. The number of carbonyl (C=O) groups excluding carboxylic acids is 1. The fraction of sp³-hybridized carbons (Fsp3) is 0.235. The lowest BCUT2D eigenvalue weighted by atomic mass is 10.1. The average molecular weight is 284 g/mol. The molecule has 0 saturated heterocycles. The van der Waals surface area contributed by atoms with E-state index in [9.17, 15) is 4.79 Å². The molecule has 2 aromatic carbocycles. The van der Waals surface area contributed by atoms with Crippen molar-refractivity contribution in [2.75, 3.05) is 19.4 Å². The minimum atomic E-state index is -0.0776. The molecule has 21 heavy (non-hydrogen) atoms. The van der Waals surface area contributed by atoms with Crippen LogP contribution in [0, 0.1) is 0 Å². The van der Waals surface area contributed by atoms with Crippen molar-refractivity contribution in [3.05, 3.63) is 59.7 Å². The number of ether oxygens (including phenoxy) is 1. The lowest BCUT2D eigenvalue weighted by molar-refractivity contribution is 0.0953. The van der Waals surface area contributed by atoms with Gasteiger partial charge in [0, 0.05) is 17.8 Å². The molecule has 0 heterocycles. The molecule has 0 radical (unpaired) electrons. The van der Waals surface area contributed by atoms with E-state index in [0.29, 0.717) is 17.9 Å². The molecule has 2 rings (SSSR count). The Morgan fingerprint density at radius 2 is 1.95 bits per heavy atom. The molecule has 0 aromatic heterocycles. The maximum absolute atomic E-state index is 12.0. The van der Waals surface area contributed by atoms with Crippen LogP contribution in [0.1, 0.15) is 22.3 Å². The number of hydrogen-bond acceptors (Lipinski definition) is 3. The summed E-state index contributed by atoms with van der Waals surface area (Å²) in [5.41, 5.74) is 8.25.